The van der Waals surface area contributed by atoms with Gasteiger partial charge < -0.3 is 38.7 Å². The molecule has 10 nitrogen and oxygen atoms in total. The predicted octanol–water partition coefficient (Wildman–Crippen LogP) is 2.61. The van der Waals surface area contributed by atoms with E-state index in [-0.39, 0.29) is 36.9 Å². The first-order chi connectivity index (χ1) is 18.9. The lowest BCUT2D eigenvalue weighted by Crippen LogP contribution is -2.64. The number of carbonyl (C=O) groups excluding carboxylic acids is 2. The molecular formula is C30H44O10. The Morgan fingerprint density at radius 3 is 2.50 bits per heavy atom. The molecular weight excluding hydrogens is 520 g/mol. The predicted molar refractivity (Wildman–Crippen MR) is 141 cm³/mol. The third-order valence-electron chi connectivity index (χ3n) is 11.2. The zero-order chi connectivity index (χ0) is 29.2. The number of hydrogen-bond acceptors (Lipinski definition) is 9. The second-order valence-electron chi connectivity index (χ2n) is 13.1. The molecule has 0 aromatic heterocycles. The van der Waals surface area contributed by atoms with Crippen LogP contribution in [0.2, 0.25) is 0 Å². The number of aliphatic hydroxyl groups is 1. The summed E-state index contributed by atoms with van der Waals surface area (Å²) in [5.74, 6) is -1.23. The highest BCUT2D eigenvalue weighted by molar-refractivity contribution is 5.90. The van der Waals surface area contributed by atoms with Crippen LogP contribution in [0.5, 0.6) is 0 Å². The van der Waals surface area contributed by atoms with Crippen LogP contribution in [-0.2, 0) is 38.1 Å². The molecule has 0 aromatic rings. The Morgan fingerprint density at radius 1 is 1.18 bits per heavy atom. The van der Waals surface area contributed by atoms with Crippen molar-refractivity contribution in [3.8, 4) is 0 Å². The number of carboxylic acid groups (broad SMARTS) is 1. The highest BCUT2D eigenvalue weighted by atomic mass is 16.7. The van der Waals surface area contributed by atoms with Gasteiger partial charge in [0.25, 0.3) is 0 Å². The van der Waals surface area contributed by atoms with Crippen molar-refractivity contribution in [2.24, 2.45) is 45.8 Å². The molecule has 3 saturated carbocycles. The molecule has 0 radical (unpaired) electrons. The van der Waals surface area contributed by atoms with Crippen LogP contribution in [0, 0.1) is 45.8 Å². The molecule has 4 bridgehead atoms. The molecule has 5 rings (SSSR count). The van der Waals surface area contributed by atoms with Crippen molar-refractivity contribution in [1.82, 2.24) is 0 Å². The number of aliphatic hydroxyl groups excluding tert-OH is 1. The van der Waals surface area contributed by atoms with E-state index < -0.39 is 58.9 Å². The van der Waals surface area contributed by atoms with E-state index >= 15 is 0 Å². The first kappa shape index (κ1) is 29.6. The van der Waals surface area contributed by atoms with Crippen molar-refractivity contribution in [1.29, 1.82) is 0 Å². The minimum atomic E-state index is -1.39. The molecule has 5 aliphatic rings. The van der Waals surface area contributed by atoms with Gasteiger partial charge in [-0.2, -0.15) is 0 Å². The fourth-order valence-electron chi connectivity index (χ4n) is 9.75. The number of methoxy groups -OCH3 is 2. The smallest absolute Gasteiger partial charge is 0.332 e. The summed E-state index contributed by atoms with van der Waals surface area (Å²) in [7, 11) is 2.82. The van der Waals surface area contributed by atoms with Gasteiger partial charge in [-0.3, -0.25) is 4.79 Å². The first-order valence-corrected chi connectivity index (χ1v) is 14.5. The van der Waals surface area contributed by atoms with E-state index in [9.17, 15) is 24.6 Å². The van der Waals surface area contributed by atoms with Crippen molar-refractivity contribution in [3.63, 3.8) is 0 Å². The summed E-state index contributed by atoms with van der Waals surface area (Å²) >= 11 is 0. The minimum absolute atomic E-state index is 0.00690. The maximum absolute atomic E-state index is 13.6. The number of aliphatic carboxylic acids is 1. The number of aldehydes is 1. The number of rotatable bonds is 10. The molecule has 2 N–H and O–H groups in total. The zero-order valence-corrected chi connectivity index (χ0v) is 24.3. The van der Waals surface area contributed by atoms with Crippen LogP contribution in [-0.4, -0.2) is 86.6 Å². The van der Waals surface area contributed by atoms with Gasteiger partial charge in [0.2, 0.25) is 0 Å². The number of allylic oxidation sites excluding steroid dienone is 1. The van der Waals surface area contributed by atoms with Crippen LogP contribution < -0.4 is 0 Å². The topological polar surface area (TPSA) is 138 Å². The van der Waals surface area contributed by atoms with E-state index in [4.69, 9.17) is 23.7 Å². The summed E-state index contributed by atoms with van der Waals surface area (Å²) in [4.78, 5) is 39.1. The van der Waals surface area contributed by atoms with Gasteiger partial charge in [0.05, 0.1) is 18.1 Å². The molecule has 4 aliphatic carbocycles. The van der Waals surface area contributed by atoms with Gasteiger partial charge >= 0.3 is 11.9 Å². The summed E-state index contributed by atoms with van der Waals surface area (Å²) in [6, 6.07) is 0. The Hall–Kier alpha value is -1.85. The number of esters is 1. The van der Waals surface area contributed by atoms with Crippen molar-refractivity contribution in [2.75, 3.05) is 27.4 Å². The Bertz CT molecular complexity index is 1060. The molecule has 12 atom stereocenters. The average molecular weight is 565 g/mol. The van der Waals surface area contributed by atoms with Gasteiger partial charge in [0.1, 0.15) is 30.5 Å². The van der Waals surface area contributed by atoms with Crippen molar-refractivity contribution in [3.05, 3.63) is 11.6 Å². The SMILES string of the molecule is COCC(=O)O[C@H]1[C@H](O)[C@H](OCC23CC4C(C)CCC4C4(C=O)CC2C=C(C(C)C)C43C(=O)O)O[C@H](C)[C@H]1OC. The van der Waals surface area contributed by atoms with Gasteiger partial charge in [-0.25, -0.2) is 4.79 Å². The summed E-state index contributed by atoms with van der Waals surface area (Å²) in [6.07, 6.45) is 1.05. The Morgan fingerprint density at radius 2 is 1.90 bits per heavy atom. The van der Waals surface area contributed by atoms with E-state index in [2.05, 4.69) is 13.0 Å². The first-order valence-electron chi connectivity index (χ1n) is 14.5. The van der Waals surface area contributed by atoms with E-state index in [0.717, 1.165) is 24.7 Å². The lowest BCUT2D eigenvalue weighted by Gasteiger charge is -2.58. The minimum Gasteiger partial charge on any atom is -0.481 e. The monoisotopic (exact) mass is 564 g/mol. The summed E-state index contributed by atoms with van der Waals surface area (Å²) in [6.45, 7) is 7.64. The lowest BCUT2D eigenvalue weighted by atomic mass is 9.43. The molecule has 4 fully saturated rings. The van der Waals surface area contributed by atoms with E-state index in [1.807, 2.05) is 13.8 Å². The molecule has 1 heterocycles. The molecule has 1 aliphatic heterocycles. The van der Waals surface area contributed by atoms with Crippen LogP contribution in [0.15, 0.2) is 11.6 Å². The standard InChI is InChI=1S/C30H44O10/c1-15(2)21-9-18-10-28(13-31)20-8-7-16(3)19(20)11-29(18,30(21,28)27(34)35)14-38-26-23(33)25(40-22(32)12-36-5)24(37-6)17(4)39-26/h9,13,15-20,23-26,33H,7-8,10-12,14H2,1-6H3,(H,34,35)/t16?,17-,18?,19?,20?,23+,24-,25+,26-,28?,29?,30?/m1/s1. The van der Waals surface area contributed by atoms with Gasteiger partial charge in [-0.1, -0.05) is 38.8 Å². The summed E-state index contributed by atoms with van der Waals surface area (Å²) in [5.41, 5.74) is -2.45. The van der Waals surface area contributed by atoms with Crippen LogP contribution in [0.25, 0.3) is 0 Å². The van der Waals surface area contributed by atoms with Gasteiger partial charge in [0, 0.05) is 19.6 Å². The number of carboxylic acids is 1. The normalized spacial score (nSPS) is 47.2. The molecule has 1 saturated heterocycles. The maximum atomic E-state index is 13.6. The molecule has 0 aromatic carbocycles. The van der Waals surface area contributed by atoms with Crippen molar-refractivity contribution < 1.29 is 48.3 Å². The summed E-state index contributed by atoms with van der Waals surface area (Å²) in [5, 5.41) is 22.4. The molecule has 10 heteroatoms. The van der Waals surface area contributed by atoms with Crippen molar-refractivity contribution in [2.45, 2.75) is 84.1 Å². The highest BCUT2D eigenvalue weighted by Gasteiger charge is 2.84. The number of fused-ring (bicyclic) bond motifs is 2. The van der Waals surface area contributed by atoms with Crippen molar-refractivity contribution >= 4 is 18.2 Å². The third-order valence-corrected chi connectivity index (χ3v) is 11.2. The molecule has 0 amide bonds. The van der Waals surface area contributed by atoms with Gasteiger partial charge in [-0.15, -0.1) is 0 Å². The molecule has 224 valence electrons. The van der Waals surface area contributed by atoms with Crippen LogP contribution >= 0.6 is 0 Å². The average Bonchev–Trinajstić information content (AvgIpc) is 3.47. The van der Waals surface area contributed by atoms with Crippen LogP contribution in [0.4, 0.5) is 0 Å². The lowest BCUT2D eigenvalue weighted by molar-refractivity contribution is -0.309. The second-order valence-corrected chi connectivity index (χ2v) is 13.1. The number of ether oxygens (including phenoxy) is 5. The zero-order valence-electron chi connectivity index (χ0n) is 24.3. The Balaban J connectivity index is 1.51. The number of hydrogen-bond donors (Lipinski definition) is 2. The summed E-state index contributed by atoms with van der Waals surface area (Å²) < 4.78 is 28.3. The van der Waals surface area contributed by atoms with E-state index in [1.165, 1.54) is 14.2 Å². The second kappa shape index (κ2) is 10.5. The van der Waals surface area contributed by atoms with Crippen LogP contribution in [0.1, 0.15) is 53.4 Å². The molecule has 0 spiro atoms. The van der Waals surface area contributed by atoms with Crippen LogP contribution in [0.3, 0.4) is 0 Å². The Labute approximate surface area is 235 Å². The quantitative estimate of drug-likeness (QED) is 0.231. The highest BCUT2D eigenvalue weighted by Crippen LogP contribution is 2.82. The molecule has 40 heavy (non-hydrogen) atoms. The van der Waals surface area contributed by atoms with E-state index in [1.54, 1.807) is 6.92 Å². The van der Waals surface area contributed by atoms with Gasteiger partial charge in [-0.05, 0) is 55.8 Å². The Kier molecular flexibility index (Phi) is 7.74. The number of carbonyl (C=O) groups is 3. The molecule has 7 unspecified atom stereocenters. The third kappa shape index (κ3) is 3.75. The fourth-order valence-corrected chi connectivity index (χ4v) is 9.75. The fraction of sp³-hybridized carbons (Fsp3) is 0.833. The van der Waals surface area contributed by atoms with E-state index in [0.29, 0.717) is 18.8 Å². The largest absolute Gasteiger partial charge is 0.481 e. The van der Waals surface area contributed by atoms with Gasteiger partial charge in [0.15, 0.2) is 12.4 Å². The maximum Gasteiger partial charge on any atom is 0.332 e.